The second-order valence-corrected chi connectivity index (χ2v) is 7.19. The van der Waals surface area contributed by atoms with Gasteiger partial charge in [0.25, 0.3) is 0 Å². The molecule has 2 aromatic heterocycles. The van der Waals surface area contributed by atoms with Gasteiger partial charge < -0.3 is 10.3 Å². The molecule has 114 valence electrons. The standard InChI is InChI=1S/C14H20N4O2S/c19-21(20,18-8-5-11-3-1-6-15-9-11)13-10-17-14-12(13)4-2-7-16-14/h2,4,7,10-11,15,18H,1,3,5-6,8-9H2,(H,16,17). The third-order valence-corrected chi connectivity index (χ3v) is 5.45. The number of rotatable bonds is 5. The van der Waals surface area contributed by atoms with Crippen molar-refractivity contribution in [1.29, 1.82) is 0 Å². The Balaban J connectivity index is 1.66. The molecular formula is C14H20N4O2S. The van der Waals surface area contributed by atoms with Gasteiger partial charge in [-0.05, 0) is 50.4 Å². The summed E-state index contributed by atoms with van der Waals surface area (Å²) in [6.07, 6.45) is 6.35. The lowest BCUT2D eigenvalue weighted by Crippen LogP contribution is -2.33. The van der Waals surface area contributed by atoms with E-state index in [9.17, 15) is 8.42 Å². The van der Waals surface area contributed by atoms with Crippen molar-refractivity contribution in [3.63, 3.8) is 0 Å². The summed E-state index contributed by atoms with van der Waals surface area (Å²) in [5.41, 5.74) is 0.592. The summed E-state index contributed by atoms with van der Waals surface area (Å²) in [4.78, 5) is 7.28. The molecule has 3 N–H and O–H groups in total. The van der Waals surface area contributed by atoms with Crippen molar-refractivity contribution in [3.05, 3.63) is 24.5 Å². The molecule has 1 fully saturated rings. The van der Waals surface area contributed by atoms with Crippen molar-refractivity contribution in [2.75, 3.05) is 19.6 Å². The van der Waals surface area contributed by atoms with E-state index in [4.69, 9.17) is 0 Å². The minimum atomic E-state index is -3.49. The fraction of sp³-hybridized carbons (Fsp3) is 0.500. The largest absolute Gasteiger partial charge is 0.345 e. The van der Waals surface area contributed by atoms with E-state index in [1.807, 2.05) is 0 Å². The first-order valence-corrected chi connectivity index (χ1v) is 8.77. The topological polar surface area (TPSA) is 86.9 Å². The zero-order valence-electron chi connectivity index (χ0n) is 11.8. The molecular weight excluding hydrogens is 288 g/mol. The van der Waals surface area contributed by atoms with E-state index in [1.54, 1.807) is 18.3 Å². The highest BCUT2D eigenvalue weighted by molar-refractivity contribution is 7.89. The van der Waals surface area contributed by atoms with Gasteiger partial charge in [-0.1, -0.05) is 0 Å². The predicted molar refractivity (Wildman–Crippen MR) is 81.5 cm³/mol. The van der Waals surface area contributed by atoms with Crippen molar-refractivity contribution >= 4 is 21.1 Å². The fourth-order valence-corrected chi connectivity index (χ4v) is 4.01. The van der Waals surface area contributed by atoms with Gasteiger partial charge >= 0.3 is 0 Å². The van der Waals surface area contributed by atoms with Crippen LogP contribution in [0.4, 0.5) is 0 Å². The van der Waals surface area contributed by atoms with Gasteiger partial charge in [-0.2, -0.15) is 0 Å². The number of fused-ring (bicyclic) bond motifs is 1. The average molecular weight is 308 g/mol. The molecule has 1 aliphatic heterocycles. The molecule has 0 bridgehead atoms. The van der Waals surface area contributed by atoms with Crippen LogP contribution in [0.2, 0.25) is 0 Å². The first kappa shape index (κ1) is 14.5. The molecule has 0 saturated carbocycles. The molecule has 0 amide bonds. The summed E-state index contributed by atoms with van der Waals surface area (Å²) in [6.45, 7) is 2.53. The number of aromatic amines is 1. The van der Waals surface area contributed by atoms with E-state index >= 15 is 0 Å². The van der Waals surface area contributed by atoms with Crippen LogP contribution in [-0.2, 0) is 10.0 Å². The maximum absolute atomic E-state index is 12.4. The summed E-state index contributed by atoms with van der Waals surface area (Å²) in [5, 5.41) is 3.97. The number of piperidine rings is 1. The Bertz CT molecular complexity index is 705. The van der Waals surface area contributed by atoms with Gasteiger partial charge in [-0.25, -0.2) is 18.1 Å². The summed E-state index contributed by atoms with van der Waals surface area (Å²) in [6, 6.07) is 3.50. The van der Waals surface area contributed by atoms with Crippen LogP contribution in [0.3, 0.4) is 0 Å². The normalized spacial score (nSPS) is 19.9. The van der Waals surface area contributed by atoms with Crippen LogP contribution in [0.15, 0.2) is 29.4 Å². The summed E-state index contributed by atoms with van der Waals surface area (Å²) >= 11 is 0. The first-order valence-electron chi connectivity index (χ1n) is 7.29. The number of nitrogens with one attached hydrogen (secondary N) is 3. The number of hydrogen-bond acceptors (Lipinski definition) is 4. The molecule has 0 aliphatic carbocycles. The minimum absolute atomic E-state index is 0.271. The van der Waals surface area contributed by atoms with Gasteiger partial charge in [-0.15, -0.1) is 0 Å². The predicted octanol–water partition coefficient (Wildman–Crippen LogP) is 1.23. The maximum atomic E-state index is 12.4. The molecule has 3 rings (SSSR count). The number of sulfonamides is 1. The van der Waals surface area contributed by atoms with E-state index in [-0.39, 0.29) is 4.90 Å². The quantitative estimate of drug-likeness (QED) is 0.775. The Morgan fingerprint density at radius 2 is 2.33 bits per heavy atom. The van der Waals surface area contributed by atoms with Gasteiger partial charge in [0, 0.05) is 24.3 Å². The van der Waals surface area contributed by atoms with Gasteiger partial charge in [-0.3, -0.25) is 0 Å². The van der Waals surface area contributed by atoms with Crippen molar-refractivity contribution in [2.45, 2.75) is 24.2 Å². The molecule has 0 radical (unpaired) electrons. The molecule has 2 aromatic rings. The maximum Gasteiger partial charge on any atom is 0.242 e. The minimum Gasteiger partial charge on any atom is -0.345 e. The summed E-state index contributed by atoms with van der Waals surface area (Å²) in [5.74, 6) is 0.561. The second kappa shape index (κ2) is 6.13. The second-order valence-electron chi connectivity index (χ2n) is 5.45. The number of pyridine rings is 1. The van der Waals surface area contributed by atoms with Crippen molar-refractivity contribution < 1.29 is 8.42 Å². The molecule has 3 heterocycles. The lowest BCUT2D eigenvalue weighted by atomic mass is 9.96. The van der Waals surface area contributed by atoms with Crippen molar-refractivity contribution in [3.8, 4) is 0 Å². The SMILES string of the molecule is O=S(=O)(NCCC1CCCNC1)c1c[nH]c2ncccc12. The van der Waals surface area contributed by atoms with Gasteiger partial charge in [0.1, 0.15) is 10.5 Å². The van der Waals surface area contributed by atoms with Crippen LogP contribution in [0.5, 0.6) is 0 Å². The van der Waals surface area contributed by atoms with Crippen LogP contribution in [0, 0.1) is 5.92 Å². The molecule has 1 unspecified atom stereocenters. The van der Waals surface area contributed by atoms with E-state index in [0.717, 1.165) is 19.5 Å². The Labute approximate surface area is 124 Å². The molecule has 1 atom stereocenters. The number of aromatic nitrogens is 2. The van der Waals surface area contributed by atoms with Crippen LogP contribution in [0.1, 0.15) is 19.3 Å². The highest BCUT2D eigenvalue weighted by atomic mass is 32.2. The summed E-state index contributed by atoms with van der Waals surface area (Å²) in [7, 11) is -3.49. The Morgan fingerprint density at radius 3 is 3.14 bits per heavy atom. The first-order chi connectivity index (χ1) is 10.2. The molecule has 7 heteroatoms. The third-order valence-electron chi connectivity index (χ3n) is 3.95. The average Bonchev–Trinajstić information content (AvgIpc) is 2.93. The van der Waals surface area contributed by atoms with Gasteiger partial charge in [0.05, 0.1) is 0 Å². The number of hydrogen-bond donors (Lipinski definition) is 3. The van der Waals surface area contributed by atoms with Gasteiger partial charge in [0.2, 0.25) is 10.0 Å². The zero-order valence-corrected chi connectivity index (χ0v) is 12.6. The molecule has 21 heavy (non-hydrogen) atoms. The van der Waals surface area contributed by atoms with Crippen molar-refractivity contribution in [2.24, 2.45) is 5.92 Å². The molecule has 6 nitrogen and oxygen atoms in total. The molecule has 0 aromatic carbocycles. The fourth-order valence-electron chi connectivity index (χ4n) is 2.80. The van der Waals surface area contributed by atoms with Crippen LogP contribution < -0.4 is 10.0 Å². The highest BCUT2D eigenvalue weighted by Gasteiger charge is 2.20. The monoisotopic (exact) mass is 308 g/mol. The van der Waals surface area contributed by atoms with E-state index in [0.29, 0.717) is 23.5 Å². The lowest BCUT2D eigenvalue weighted by molar-refractivity contribution is 0.358. The lowest BCUT2D eigenvalue weighted by Gasteiger charge is -2.22. The molecule has 1 saturated heterocycles. The zero-order chi connectivity index (χ0) is 14.7. The highest BCUT2D eigenvalue weighted by Crippen LogP contribution is 2.21. The van der Waals surface area contributed by atoms with E-state index in [1.165, 1.54) is 19.0 Å². The van der Waals surface area contributed by atoms with E-state index < -0.39 is 10.0 Å². The molecule has 1 aliphatic rings. The summed E-state index contributed by atoms with van der Waals surface area (Å²) < 4.78 is 27.4. The Morgan fingerprint density at radius 1 is 1.43 bits per heavy atom. The van der Waals surface area contributed by atoms with Crippen LogP contribution >= 0.6 is 0 Å². The Kier molecular flexibility index (Phi) is 4.23. The van der Waals surface area contributed by atoms with Crippen LogP contribution in [0.25, 0.3) is 11.0 Å². The van der Waals surface area contributed by atoms with E-state index in [2.05, 4.69) is 20.0 Å². The molecule has 0 spiro atoms. The number of nitrogens with zero attached hydrogens (tertiary/aromatic N) is 1. The van der Waals surface area contributed by atoms with Crippen molar-refractivity contribution in [1.82, 2.24) is 20.0 Å². The van der Waals surface area contributed by atoms with Gasteiger partial charge in [0.15, 0.2) is 0 Å². The Hall–Kier alpha value is -1.44. The van der Waals surface area contributed by atoms with Crippen LogP contribution in [-0.4, -0.2) is 38.0 Å². The smallest absolute Gasteiger partial charge is 0.242 e. The third kappa shape index (κ3) is 3.25. The number of H-pyrrole nitrogens is 1.